The molecule has 0 amide bonds. The lowest BCUT2D eigenvalue weighted by atomic mass is 10.2. The lowest BCUT2D eigenvalue weighted by Gasteiger charge is -2.23. The summed E-state index contributed by atoms with van der Waals surface area (Å²) in [6.07, 6.45) is -10.4. The van der Waals surface area contributed by atoms with Gasteiger partial charge in [-0.15, -0.1) is 0 Å². The van der Waals surface area contributed by atoms with Gasteiger partial charge in [-0.1, -0.05) is 48.5 Å². The van der Waals surface area contributed by atoms with Crippen LogP contribution >= 0.6 is 0 Å². The molecule has 14 heteroatoms. The van der Waals surface area contributed by atoms with E-state index in [-0.39, 0.29) is 44.9 Å². The Morgan fingerprint density at radius 3 is 0.452 bits per heavy atom. The van der Waals surface area contributed by atoms with Crippen molar-refractivity contribution < 1.29 is 66.7 Å². The van der Waals surface area contributed by atoms with Crippen LogP contribution < -0.4 is 0 Å². The van der Waals surface area contributed by atoms with Gasteiger partial charge in [-0.3, -0.25) is 0 Å². The minimum absolute atomic E-state index is 0.0373. The second-order valence-electron chi connectivity index (χ2n) is 9.34. The Labute approximate surface area is 245 Å². The van der Waals surface area contributed by atoms with Crippen LogP contribution in [0.25, 0.3) is 0 Å². The third kappa shape index (κ3) is 10.3. The summed E-state index contributed by atoms with van der Waals surface area (Å²) < 4.78 is 36.6. The van der Waals surface area contributed by atoms with Gasteiger partial charge in [0.2, 0.25) is 0 Å². The predicted octanol–water partition coefficient (Wildman–Crippen LogP) is 2.25. The Bertz CT molecular complexity index is 759. The van der Waals surface area contributed by atoms with E-state index in [1.54, 1.807) is 0 Å². The van der Waals surface area contributed by atoms with E-state index in [1.807, 2.05) is 0 Å². The van der Waals surface area contributed by atoms with Crippen LogP contribution in [0.5, 0.6) is 0 Å². The molecule has 0 bridgehead atoms. The average Bonchev–Trinajstić information content (AvgIpc) is 2.98. The van der Waals surface area contributed by atoms with Gasteiger partial charge < -0.3 is 33.2 Å². The molecule has 0 saturated carbocycles. The van der Waals surface area contributed by atoms with Crippen molar-refractivity contribution in [1.29, 1.82) is 0 Å². The molecule has 1 rings (SSSR count). The van der Waals surface area contributed by atoms with E-state index in [9.17, 15) is 33.6 Å². The van der Waals surface area contributed by atoms with E-state index in [1.165, 1.54) is 48.5 Å². The third-order valence-corrected chi connectivity index (χ3v) is 6.24. The number of hydrogen-bond donors (Lipinski definition) is 0. The second-order valence-corrected chi connectivity index (χ2v) is 9.34. The van der Waals surface area contributed by atoms with Crippen molar-refractivity contribution in [2.45, 2.75) is 136 Å². The summed E-state index contributed by atoms with van der Waals surface area (Å²) in [5, 5.41) is 0. The van der Waals surface area contributed by atoms with Crippen LogP contribution in [-0.4, -0.2) is 84.5 Å². The SMILES string of the molecule is CCC1OC(=O)C(CC)OC(=O)C(CC)OC(=O)C(CC)OC(=O)C(CC)OC(=O)C(CC)OC(=O)C(CC)OC1=O. The summed E-state index contributed by atoms with van der Waals surface area (Å²) in [5.41, 5.74) is 0. The van der Waals surface area contributed by atoms with E-state index in [2.05, 4.69) is 0 Å². The van der Waals surface area contributed by atoms with Crippen molar-refractivity contribution >= 4 is 41.8 Å². The zero-order valence-corrected chi connectivity index (χ0v) is 25.2. The number of carbonyl (C=O) groups excluding carboxylic acids is 7. The molecule has 0 aromatic heterocycles. The van der Waals surface area contributed by atoms with Gasteiger partial charge in [0, 0.05) is 0 Å². The fourth-order valence-electron chi connectivity index (χ4n) is 3.60. The van der Waals surface area contributed by atoms with Crippen LogP contribution in [-0.2, 0) is 66.7 Å². The first-order valence-corrected chi connectivity index (χ1v) is 14.3. The minimum atomic E-state index is -1.45. The molecule has 0 radical (unpaired) electrons. The molecule has 0 spiro atoms. The number of ether oxygens (including phenoxy) is 7. The van der Waals surface area contributed by atoms with Crippen molar-refractivity contribution in [1.82, 2.24) is 0 Å². The van der Waals surface area contributed by atoms with Crippen LogP contribution in [0.3, 0.4) is 0 Å². The van der Waals surface area contributed by atoms with Gasteiger partial charge in [0.1, 0.15) is 0 Å². The highest BCUT2D eigenvalue weighted by atomic mass is 16.7. The summed E-state index contributed by atoms with van der Waals surface area (Å²) in [4.78, 5) is 89.5. The quantitative estimate of drug-likeness (QED) is 0.305. The van der Waals surface area contributed by atoms with Gasteiger partial charge in [-0.2, -0.15) is 0 Å². The lowest BCUT2D eigenvalue weighted by molar-refractivity contribution is -0.190. The number of hydrogen-bond acceptors (Lipinski definition) is 14. The van der Waals surface area contributed by atoms with Gasteiger partial charge in [0.25, 0.3) is 0 Å². The van der Waals surface area contributed by atoms with Gasteiger partial charge in [-0.25, -0.2) is 33.6 Å². The Balaban J connectivity index is 3.43. The smallest absolute Gasteiger partial charge is 0.348 e. The summed E-state index contributed by atoms with van der Waals surface area (Å²) in [6, 6.07) is 0. The molecule has 7 atom stereocenters. The monoisotopic (exact) mass is 602 g/mol. The zero-order valence-electron chi connectivity index (χ0n) is 25.2. The second kappa shape index (κ2) is 18.0. The van der Waals surface area contributed by atoms with E-state index in [0.29, 0.717) is 0 Å². The fourth-order valence-corrected chi connectivity index (χ4v) is 3.60. The molecule has 1 heterocycles. The average molecular weight is 603 g/mol. The molecule has 1 fully saturated rings. The zero-order chi connectivity index (χ0) is 32.0. The van der Waals surface area contributed by atoms with Crippen LogP contribution in [0.4, 0.5) is 0 Å². The highest BCUT2D eigenvalue weighted by Crippen LogP contribution is 2.17. The molecular weight excluding hydrogens is 560 g/mol. The first-order valence-electron chi connectivity index (χ1n) is 14.3. The molecule has 0 N–H and O–H groups in total. The van der Waals surface area contributed by atoms with Gasteiger partial charge in [0.05, 0.1) is 0 Å². The Hall–Kier alpha value is -3.71. The predicted molar refractivity (Wildman–Crippen MR) is 141 cm³/mol. The lowest BCUT2D eigenvalue weighted by Crippen LogP contribution is -2.41. The topological polar surface area (TPSA) is 184 Å². The van der Waals surface area contributed by atoms with Gasteiger partial charge >= 0.3 is 41.8 Å². The molecule has 238 valence electrons. The molecular formula is C28H42O14. The molecule has 14 nitrogen and oxygen atoms in total. The van der Waals surface area contributed by atoms with Crippen LogP contribution in [0.1, 0.15) is 93.4 Å². The van der Waals surface area contributed by atoms with E-state index in [0.717, 1.165) is 0 Å². The number of carbonyl (C=O) groups is 7. The first kappa shape index (κ1) is 36.3. The molecule has 7 unspecified atom stereocenters. The Morgan fingerprint density at radius 2 is 0.381 bits per heavy atom. The minimum Gasteiger partial charge on any atom is -0.448 e. The Morgan fingerprint density at radius 1 is 0.286 bits per heavy atom. The molecule has 1 saturated heterocycles. The van der Waals surface area contributed by atoms with Crippen molar-refractivity contribution in [2.75, 3.05) is 0 Å². The van der Waals surface area contributed by atoms with Crippen molar-refractivity contribution in [3.63, 3.8) is 0 Å². The summed E-state index contributed by atoms with van der Waals surface area (Å²) in [7, 11) is 0. The molecule has 0 aromatic rings. The normalized spacial score (nSPS) is 29.5. The maximum absolute atomic E-state index is 12.8. The maximum atomic E-state index is 12.8. The van der Waals surface area contributed by atoms with Gasteiger partial charge in [0.15, 0.2) is 42.7 Å². The summed E-state index contributed by atoms with van der Waals surface area (Å²) >= 11 is 0. The van der Waals surface area contributed by atoms with Gasteiger partial charge in [-0.05, 0) is 44.9 Å². The molecule has 1 aliphatic rings. The maximum Gasteiger partial charge on any atom is 0.348 e. The fraction of sp³-hybridized carbons (Fsp3) is 0.750. The number of rotatable bonds is 7. The molecule has 1 aliphatic heterocycles. The Kier molecular flexibility index (Phi) is 15.5. The van der Waals surface area contributed by atoms with Crippen molar-refractivity contribution in [2.24, 2.45) is 0 Å². The number of esters is 7. The van der Waals surface area contributed by atoms with Crippen molar-refractivity contribution in [3.05, 3.63) is 0 Å². The largest absolute Gasteiger partial charge is 0.448 e. The van der Waals surface area contributed by atoms with E-state index >= 15 is 0 Å². The molecule has 0 aromatic carbocycles. The summed E-state index contributed by atoms with van der Waals surface area (Å²) in [6.45, 7) is 10.7. The molecule has 42 heavy (non-hydrogen) atoms. The van der Waals surface area contributed by atoms with Crippen LogP contribution in [0.2, 0.25) is 0 Å². The highest BCUT2D eigenvalue weighted by molar-refractivity contribution is 5.88. The van der Waals surface area contributed by atoms with Crippen LogP contribution in [0.15, 0.2) is 0 Å². The standard InChI is InChI=1S/C28H42O14/c1-8-15-22(29)37-17(10-3)24(31)39-19(12-5)26(33)41-21(14-7)28(35)42-20(13-6)27(34)40-18(11-4)25(32)38-16(9-2)23(30)36-15/h15-21H,8-14H2,1-7H3. The van der Waals surface area contributed by atoms with Crippen LogP contribution in [0, 0.1) is 0 Å². The number of cyclic esters (lactones) is 7. The van der Waals surface area contributed by atoms with E-state index in [4.69, 9.17) is 33.2 Å². The molecule has 0 aliphatic carbocycles. The highest BCUT2D eigenvalue weighted by Gasteiger charge is 2.38. The summed E-state index contributed by atoms with van der Waals surface area (Å²) in [5.74, 6) is -7.41. The first-order chi connectivity index (χ1) is 19.9. The van der Waals surface area contributed by atoms with Crippen molar-refractivity contribution in [3.8, 4) is 0 Å². The third-order valence-electron chi connectivity index (χ3n) is 6.24. The van der Waals surface area contributed by atoms with E-state index < -0.39 is 84.5 Å².